The van der Waals surface area contributed by atoms with Gasteiger partial charge in [0.1, 0.15) is 13.1 Å². The molecular weight excluding hydrogens is 968 g/mol. The molecule has 4 aliphatic rings. The average molecular weight is 1030 g/mol. The third kappa shape index (κ3) is 11.9. The van der Waals surface area contributed by atoms with E-state index in [2.05, 4.69) is 0 Å². The fourth-order valence-corrected chi connectivity index (χ4v) is 13.5. The molecule has 390 valence electrons. The van der Waals surface area contributed by atoms with Crippen LogP contribution in [0.2, 0.25) is 0 Å². The second-order valence-corrected chi connectivity index (χ2v) is 23.2. The predicted molar refractivity (Wildman–Crippen MR) is 262 cm³/mol. The van der Waals surface area contributed by atoms with Gasteiger partial charge in [0, 0.05) is 72.8 Å². The summed E-state index contributed by atoms with van der Waals surface area (Å²) < 4.78 is 104. The highest BCUT2D eigenvalue weighted by atomic mass is 32.2. The molecule has 3 amide bonds. The lowest BCUT2D eigenvalue weighted by molar-refractivity contribution is -0.138. The summed E-state index contributed by atoms with van der Waals surface area (Å²) in [6.45, 7) is 7.65. The molecule has 71 heavy (non-hydrogen) atoms. The topological polar surface area (TPSA) is 204 Å². The van der Waals surface area contributed by atoms with Gasteiger partial charge in [-0.1, -0.05) is 0 Å². The van der Waals surface area contributed by atoms with Crippen LogP contribution < -0.4 is 5.32 Å². The fraction of sp³-hybridized carbons (Fsp3) is 0.600. The molecule has 2 aliphatic heterocycles. The van der Waals surface area contributed by atoms with Crippen molar-refractivity contribution in [2.45, 2.75) is 98.1 Å². The SMILES string of the molecule is CCN(CC(=O)NCC(F)(F)F)C(=O)c1ccc2c(c1)c1c(n2S(=O)(=O)CC)CCC(C2CCOCC2)C1.CCN(CC(=O)O)C(=O)c1ccc2c(c1)c1c(n2S(=O)(=O)CC)CCC(C2CCOCC2)C1. The first kappa shape index (κ1) is 53.8. The van der Waals surface area contributed by atoms with Crippen LogP contribution in [-0.2, 0) is 64.8 Å². The summed E-state index contributed by atoms with van der Waals surface area (Å²) in [5.74, 6) is -1.01. The Bertz CT molecular complexity index is 2850. The maximum absolute atomic E-state index is 13.3. The highest BCUT2D eigenvalue weighted by molar-refractivity contribution is 7.90. The molecule has 4 heterocycles. The van der Waals surface area contributed by atoms with Crippen molar-refractivity contribution < 1.29 is 63.8 Å². The number of halogens is 3. The lowest BCUT2D eigenvalue weighted by atomic mass is 9.75. The molecule has 2 saturated heterocycles. The third-order valence-electron chi connectivity index (χ3n) is 14.8. The molecule has 2 atom stereocenters. The Morgan fingerprint density at radius 1 is 0.648 bits per heavy atom. The average Bonchev–Trinajstić information content (AvgIpc) is 3.89. The Balaban J connectivity index is 0.000000211. The van der Waals surface area contributed by atoms with Crippen LogP contribution in [0.15, 0.2) is 36.4 Å². The molecule has 2 fully saturated rings. The van der Waals surface area contributed by atoms with Crippen LogP contribution in [0.4, 0.5) is 13.2 Å². The van der Waals surface area contributed by atoms with E-state index in [0.717, 1.165) is 99.3 Å². The van der Waals surface area contributed by atoms with Crippen LogP contribution in [0, 0.1) is 23.7 Å². The number of carbonyl (C=O) groups is 4. The van der Waals surface area contributed by atoms with Crippen molar-refractivity contribution in [3.8, 4) is 0 Å². The fourth-order valence-electron chi connectivity index (χ4n) is 11.0. The zero-order valence-electron chi connectivity index (χ0n) is 40.9. The smallest absolute Gasteiger partial charge is 0.405 e. The number of aromatic nitrogens is 2. The molecule has 0 radical (unpaired) electrons. The standard InChI is InChI=1S/C26H34F3N3O5S.C24H32N2O6S/c1-3-31(15-24(33)30-16-26(27,28)29)25(34)19-6-8-23-21(14-19)20-13-18(17-9-11-37-12-10-17)5-7-22(20)32(23)38(35,36)4-2;1-3-25(15-23(27)28)24(29)18-6-8-22-20(14-18)19-13-17(16-9-11-32-12-10-16)5-7-21(19)26(22)33(30,31)4-2/h6,8,14,17-18H,3-5,7,9-13,15-16H2,1-2H3,(H,30,33);6,8,14,16-17H,3-5,7,9-13,15H2,1-2H3,(H,27,28). The summed E-state index contributed by atoms with van der Waals surface area (Å²) in [4.78, 5) is 52.0. The van der Waals surface area contributed by atoms with Crippen LogP contribution in [0.3, 0.4) is 0 Å². The van der Waals surface area contributed by atoms with Gasteiger partial charge in [0.2, 0.25) is 26.0 Å². The maximum Gasteiger partial charge on any atom is 0.405 e. The summed E-state index contributed by atoms with van der Waals surface area (Å²) in [6.07, 6.45) is 4.07. The van der Waals surface area contributed by atoms with E-state index in [0.29, 0.717) is 64.9 Å². The lowest BCUT2D eigenvalue weighted by Gasteiger charge is -2.33. The van der Waals surface area contributed by atoms with Crippen molar-refractivity contribution in [3.05, 3.63) is 70.0 Å². The van der Waals surface area contributed by atoms with Gasteiger partial charge in [-0.05, 0) is 163 Å². The number of amides is 3. The number of fused-ring (bicyclic) bond motifs is 6. The zero-order chi connectivity index (χ0) is 51.4. The number of aliphatic carboxylic acids is 1. The normalized spacial score (nSPS) is 19.1. The van der Waals surface area contributed by atoms with E-state index in [4.69, 9.17) is 14.6 Å². The summed E-state index contributed by atoms with van der Waals surface area (Å²) >= 11 is 0. The van der Waals surface area contributed by atoms with E-state index >= 15 is 0 Å². The minimum absolute atomic E-state index is 0.00445. The first-order valence-electron chi connectivity index (χ1n) is 24.8. The minimum atomic E-state index is -4.55. The molecule has 8 rings (SSSR count). The molecular formula is C50H66F3N5O11S2. The number of nitrogens with zero attached hydrogens (tertiary/aromatic N) is 4. The van der Waals surface area contributed by atoms with E-state index in [1.165, 1.54) is 23.8 Å². The Kier molecular flexibility index (Phi) is 17.0. The number of ether oxygens (including phenoxy) is 2. The van der Waals surface area contributed by atoms with Crippen molar-refractivity contribution in [1.29, 1.82) is 0 Å². The van der Waals surface area contributed by atoms with Gasteiger partial charge in [-0.15, -0.1) is 0 Å². The Morgan fingerprint density at radius 2 is 1.06 bits per heavy atom. The van der Waals surface area contributed by atoms with Crippen LogP contribution in [-0.4, -0.2) is 140 Å². The van der Waals surface area contributed by atoms with Gasteiger partial charge in [-0.3, -0.25) is 19.2 Å². The first-order valence-corrected chi connectivity index (χ1v) is 28.0. The van der Waals surface area contributed by atoms with Crippen LogP contribution >= 0.6 is 0 Å². The van der Waals surface area contributed by atoms with Gasteiger partial charge in [0.25, 0.3) is 11.8 Å². The molecule has 2 aromatic heterocycles. The summed E-state index contributed by atoms with van der Waals surface area (Å²) in [7, 11) is -7.11. The lowest BCUT2D eigenvalue weighted by Crippen LogP contribution is -2.43. The molecule has 2 aliphatic carbocycles. The number of rotatable bonds is 15. The largest absolute Gasteiger partial charge is 0.480 e. The molecule has 2 aromatic carbocycles. The van der Waals surface area contributed by atoms with Crippen LogP contribution in [0.25, 0.3) is 21.8 Å². The van der Waals surface area contributed by atoms with Crippen molar-refractivity contribution in [2.75, 3.05) is 70.7 Å². The van der Waals surface area contributed by atoms with Gasteiger partial charge in [-0.2, -0.15) is 13.2 Å². The van der Waals surface area contributed by atoms with E-state index < -0.39 is 57.1 Å². The molecule has 21 heteroatoms. The highest BCUT2D eigenvalue weighted by Gasteiger charge is 2.36. The van der Waals surface area contributed by atoms with E-state index in [1.54, 1.807) is 63.3 Å². The molecule has 0 bridgehead atoms. The van der Waals surface area contributed by atoms with E-state index in [1.807, 2.05) is 0 Å². The third-order valence-corrected chi connectivity index (χ3v) is 18.2. The van der Waals surface area contributed by atoms with Gasteiger partial charge < -0.3 is 29.7 Å². The van der Waals surface area contributed by atoms with Gasteiger partial charge >= 0.3 is 12.1 Å². The van der Waals surface area contributed by atoms with Crippen molar-refractivity contribution >= 4 is 65.5 Å². The monoisotopic (exact) mass is 1030 g/mol. The first-order chi connectivity index (χ1) is 33.7. The number of carboxylic acids is 1. The zero-order valence-corrected chi connectivity index (χ0v) is 42.5. The van der Waals surface area contributed by atoms with E-state index in [9.17, 15) is 49.2 Å². The second-order valence-electron chi connectivity index (χ2n) is 19.0. The number of alkyl halides is 3. The number of hydrogen-bond donors (Lipinski definition) is 2. The molecule has 2 N–H and O–H groups in total. The summed E-state index contributed by atoms with van der Waals surface area (Å²) in [6, 6.07) is 9.87. The van der Waals surface area contributed by atoms with Crippen LogP contribution in [0.5, 0.6) is 0 Å². The second kappa shape index (κ2) is 22.4. The molecule has 0 spiro atoms. The Hall–Kier alpha value is -4.99. The predicted octanol–water partition coefficient (Wildman–Crippen LogP) is 6.43. The molecule has 2 unspecified atom stereocenters. The number of carbonyl (C=O) groups excluding carboxylic acids is 3. The van der Waals surface area contributed by atoms with Gasteiger partial charge in [-0.25, -0.2) is 24.8 Å². The highest BCUT2D eigenvalue weighted by Crippen LogP contribution is 2.42. The number of likely N-dealkylation sites (N-methyl/N-ethyl adjacent to an activating group) is 2. The minimum Gasteiger partial charge on any atom is -0.480 e. The number of nitrogens with one attached hydrogen (secondary N) is 1. The Labute approximate surface area is 413 Å². The van der Waals surface area contributed by atoms with E-state index in [-0.39, 0.29) is 42.6 Å². The van der Waals surface area contributed by atoms with Gasteiger partial charge in [0.05, 0.1) is 29.1 Å². The van der Waals surface area contributed by atoms with Crippen molar-refractivity contribution in [2.24, 2.45) is 23.7 Å². The number of benzene rings is 2. The van der Waals surface area contributed by atoms with Crippen molar-refractivity contribution in [1.82, 2.24) is 23.1 Å². The quantitative estimate of drug-likeness (QED) is 0.133. The Morgan fingerprint density at radius 3 is 1.42 bits per heavy atom. The number of carboxylic acid groups (broad SMARTS) is 1. The van der Waals surface area contributed by atoms with Crippen LogP contribution in [0.1, 0.15) is 109 Å². The molecule has 16 nitrogen and oxygen atoms in total. The van der Waals surface area contributed by atoms with Crippen molar-refractivity contribution in [3.63, 3.8) is 0 Å². The molecule has 0 saturated carbocycles. The van der Waals surface area contributed by atoms with Gasteiger partial charge in [0.15, 0.2) is 0 Å². The molecule has 4 aromatic rings. The number of hydrogen-bond acceptors (Lipinski definition) is 10. The summed E-state index contributed by atoms with van der Waals surface area (Å²) in [5.41, 5.74) is 5.30. The maximum atomic E-state index is 13.3. The summed E-state index contributed by atoms with van der Waals surface area (Å²) in [5, 5.41) is 12.4.